The number of methoxy groups -OCH3 is 1. The number of aryl methyl sites for hydroxylation is 1. The van der Waals surface area contributed by atoms with Gasteiger partial charge in [0.25, 0.3) is 5.91 Å². The van der Waals surface area contributed by atoms with Gasteiger partial charge in [0.05, 0.1) is 32.6 Å². The molecule has 0 aliphatic rings. The van der Waals surface area contributed by atoms with E-state index in [0.717, 1.165) is 6.08 Å². The molecular weight excluding hydrogens is 460 g/mol. The number of nitrogens with one attached hydrogen (secondary N) is 2. The summed E-state index contributed by atoms with van der Waals surface area (Å²) in [6.07, 6.45) is -3.74. The van der Waals surface area contributed by atoms with Gasteiger partial charge in [0, 0.05) is 30.3 Å². The van der Waals surface area contributed by atoms with Crippen LogP contribution in [0.2, 0.25) is 0 Å². The van der Waals surface area contributed by atoms with Gasteiger partial charge in [-0.05, 0) is 38.0 Å². The van der Waals surface area contributed by atoms with Gasteiger partial charge in [-0.3, -0.25) is 9.18 Å². The highest BCUT2D eigenvalue weighted by atomic mass is 19.4. The van der Waals surface area contributed by atoms with E-state index in [1.54, 1.807) is 13.0 Å². The average molecular weight is 488 g/mol. The van der Waals surface area contributed by atoms with Gasteiger partial charge in [-0.15, -0.1) is 5.10 Å². The van der Waals surface area contributed by atoms with Crippen molar-refractivity contribution < 1.29 is 36.9 Å². The summed E-state index contributed by atoms with van der Waals surface area (Å²) in [5, 5.41) is 23.5. The van der Waals surface area contributed by atoms with Crippen molar-refractivity contribution >= 4 is 16.8 Å². The summed E-state index contributed by atoms with van der Waals surface area (Å²) in [6, 6.07) is 4.44. The lowest BCUT2D eigenvalue weighted by atomic mass is 9.97. The number of amides is 1. The summed E-state index contributed by atoms with van der Waals surface area (Å²) in [6.45, 7) is 0.191. The first kappa shape index (κ1) is 27.3. The number of alkyl halides is 4. The van der Waals surface area contributed by atoms with E-state index in [2.05, 4.69) is 20.8 Å². The zero-order chi connectivity index (χ0) is 25.4. The number of carbonyl (C=O) groups is 1. The fourth-order valence-electron chi connectivity index (χ4n) is 3.20. The lowest BCUT2D eigenvalue weighted by Gasteiger charge is -2.33. The Morgan fingerprint density at radius 2 is 1.94 bits per heavy atom. The van der Waals surface area contributed by atoms with Crippen molar-refractivity contribution in [1.82, 2.24) is 20.8 Å². The first-order valence-corrected chi connectivity index (χ1v) is 10.5. The van der Waals surface area contributed by atoms with Crippen molar-refractivity contribution in [3.63, 3.8) is 0 Å². The van der Waals surface area contributed by atoms with Gasteiger partial charge in [-0.1, -0.05) is 6.08 Å². The number of likely N-dealkylation sites (N-methyl/N-ethyl adjacent to an activating group) is 1. The minimum absolute atomic E-state index is 0.0255. The molecule has 0 bridgehead atoms. The maximum Gasteiger partial charge on any atom is 0.424 e. The molecule has 1 unspecified atom stereocenters. The van der Waals surface area contributed by atoms with Gasteiger partial charge < -0.3 is 25.2 Å². The first-order chi connectivity index (χ1) is 16.1. The van der Waals surface area contributed by atoms with E-state index in [1.165, 1.54) is 26.3 Å². The molecule has 0 aliphatic carbocycles. The number of benzene rings is 1. The number of hydrogen-bond donors (Lipinski definition) is 3. The molecule has 8 nitrogen and oxygen atoms in total. The normalized spacial score (nSPS) is 14.1. The molecule has 0 radical (unpaired) electrons. The highest BCUT2D eigenvalue weighted by molar-refractivity contribution is 5.99. The molecule has 0 saturated carbocycles. The summed E-state index contributed by atoms with van der Waals surface area (Å²) in [7, 11) is 2.59. The van der Waals surface area contributed by atoms with Gasteiger partial charge in [0.15, 0.2) is 0 Å². The Kier molecular flexibility index (Phi) is 9.56. The molecule has 0 aliphatic heterocycles. The summed E-state index contributed by atoms with van der Waals surface area (Å²) < 4.78 is 64.0. The van der Waals surface area contributed by atoms with Gasteiger partial charge in [0.2, 0.25) is 5.60 Å². The summed E-state index contributed by atoms with van der Waals surface area (Å²) >= 11 is 0. The van der Waals surface area contributed by atoms with E-state index < -0.39 is 36.6 Å². The number of halogens is 4. The molecule has 188 valence electrons. The van der Waals surface area contributed by atoms with E-state index in [9.17, 15) is 27.5 Å². The van der Waals surface area contributed by atoms with Crippen LogP contribution in [0.1, 0.15) is 28.9 Å². The number of rotatable bonds is 12. The number of aliphatic hydroxyl groups is 1. The van der Waals surface area contributed by atoms with Crippen LogP contribution >= 0.6 is 0 Å². The SMILES string of the molecule is CN/C(=C\CCOCCCF)C(O)(CNC(=O)c1cc(OC)c2nnc(C)cc2c1)C(F)(F)F. The van der Waals surface area contributed by atoms with Crippen LogP contribution in [0.15, 0.2) is 30.0 Å². The van der Waals surface area contributed by atoms with Crippen LogP contribution in [0.5, 0.6) is 5.75 Å². The lowest BCUT2D eigenvalue weighted by Crippen LogP contribution is -2.57. The average Bonchev–Trinajstić information content (AvgIpc) is 2.80. The Labute approximate surface area is 194 Å². The predicted octanol–water partition coefficient (Wildman–Crippen LogP) is 2.84. The van der Waals surface area contributed by atoms with Crippen LogP contribution in [0.25, 0.3) is 10.9 Å². The molecule has 1 aromatic carbocycles. The molecule has 34 heavy (non-hydrogen) atoms. The molecule has 0 fully saturated rings. The standard InChI is InChI=1S/C22H28F4N4O4/c1-14-10-15-11-16(12-17(33-3)19(15)30-29-14)20(31)28-13-21(32,22(24,25)26)18(27-2)6-4-8-34-9-5-7-23/h6,10-12,27,32H,4-5,7-9,13H2,1-3H3,(H,28,31)/b18-6-. The first-order valence-electron chi connectivity index (χ1n) is 10.5. The van der Waals surface area contributed by atoms with Gasteiger partial charge in [-0.25, -0.2) is 0 Å². The summed E-state index contributed by atoms with van der Waals surface area (Å²) in [4.78, 5) is 12.7. The molecule has 0 saturated heterocycles. The molecule has 0 spiro atoms. The minimum Gasteiger partial charge on any atom is -0.494 e. The molecule has 3 N–H and O–H groups in total. The second kappa shape index (κ2) is 11.9. The van der Waals surface area contributed by atoms with Crippen molar-refractivity contribution in [1.29, 1.82) is 0 Å². The lowest BCUT2D eigenvalue weighted by molar-refractivity contribution is -0.243. The molecule has 1 aromatic heterocycles. The number of nitrogens with zero attached hydrogens (tertiary/aromatic N) is 2. The molecule has 1 heterocycles. The van der Waals surface area contributed by atoms with E-state index in [-0.39, 0.29) is 37.4 Å². The topological polar surface area (TPSA) is 106 Å². The third-order valence-corrected chi connectivity index (χ3v) is 4.98. The largest absolute Gasteiger partial charge is 0.494 e. The molecule has 2 aromatic rings. The number of carbonyl (C=O) groups excluding carboxylic acids is 1. The monoisotopic (exact) mass is 488 g/mol. The van der Waals surface area contributed by atoms with Crippen LogP contribution in [-0.2, 0) is 4.74 Å². The molecule has 1 amide bonds. The fraction of sp³-hybridized carbons (Fsp3) is 0.500. The van der Waals surface area contributed by atoms with Crippen molar-refractivity contribution in [3.05, 3.63) is 41.2 Å². The van der Waals surface area contributed by atoms with E-state index >= 15 is 0 Å². The van der Waals surface area contributed by atoms with Crippen LogP contribution in [0.4, 0.5) is 17.6 Å². The number of ether oxygens (including phenoxy) is 2. The van der Waals surface area contributed by atoms with Crippen molar-refractivity contribution in [2.24, 2.45) is 0 Å². The van der Waals surface area contributed by atoms with Crippen LogP contribution in [0, 0.1) is 6.92 Å². The zero-order valence-electron chi connectivity index (χ0n) is 19.1. The molecular formula is C22H28F4N4O4. The quantitative estimate of drug-likeness (QED) is 0.312. The zero-order valence-corrected chi connectivity index (χ0v) is 19.1. The minimum atomic E-state index is -5.10. The summed E-state index contributed by atoms with van der Waals surface area (Å²) in [5.74, 6) is -0.618. The van der Waals surface area contributed by atoms with E-state index in [1.807, 2.05) is 0 Å². The highest BCUT2D eigenvalue weighted by Gasteiger charge is 2.56. The van der Waals surface area contributed by atoms with Gasteiger partial charge in [-0.2, -0.15) is 18.3 Å². The molecule has 12 heteroatoms. The Balaban J connectivity index is 2.23. The fourth-order valence-corrected chi connectivity index (χ4v) is 3.20. The summed E-state index contributed by atoms with van der Waals surface area (Å²) in [5.41, 5.74) is -2.92. The maximum atomic E-state index is 13.9. The van der Waals surface area contributed by atoms with Crippen molar-refractivity contribution in [2.75, 3.05) is 40.6 Å². The van der Waals surface area contributed by atoms with Gasteiger partial charge >= 0.3 is 6.18 Å². The predicted molar refractivity (Wildman–Crippen MR) is 117 cm³/mol. The number of fused-ring (bicyclic) bond motifs is 1. The third-order valence-electron chi connectivity index (χ3n) is 4.98. The Morgan fingerprint density at radius 3 is 2.56 bits per heavy atom. The smallest absolute Gasteiger partial charge is 0.424 e. The Bertz CT molecular complexity index is 1020. The Hall–Kier alpha value is -2.99. The Morgan fingerprint density at radius 1 is 1.21 bits per heavy atom. The van der Waals surface area contributed by atoms with Crippen LogP contribution in [-0.4, -0.2) is 73.6 Å². The molecule has 2 rings (SSSR count). The maximum absolute atomic E-state index is 13.9. The van der Waals surface area contributed by atoms with E-state index in [0.29, 0.717) is 16.6 Å². The number of hydrogen-bond acceptors (Lipinski definition) is 7. The third kappa shape index (κ3) is 6.54. The number of aromatic nitrogens is 2. The van der Waals surface area contributed by atoms with Crippen LogP contribution in [0.3, 0.4) is 0 Å². The van der Waals surface area contributed by atoms with Crippen LogP contribution < -0.4 is 15.4 Å². The molecule has 1 atom stereocenters. The van der Waals surface area contributed by atoms with E-state index in [4.69, 9.17) is 9.47 Å². The second-order valence-corrected chi connectivity index (χ2v) is 7.45. The highest BCUT2D eigenvalue weighted by Crippen LogP contribution is 2.35. The van der Waals surface area contributed by atoms with Gasteiger partial charge in [0.1, 0.15) is 11.3 Å². The van der Waals surface area contributed by atoms with Crippen molar-refractivity contribution in [2.45, 2.75) is 31.5 Å². The van der Waals surface area contributed by atoms with Crippen molar-refractivity contribution in [3.8, 4) is 5.75 Å². The second-order valence-electron chi connectivity index (χ2n) is 7.45.